The lowest BCUT2D eigenvalue weighted by molar-refractivity contribution is -0.328. The van der Waals surface area contributed by atoms with Crippen LogP contribution >= 0.6 is 0 Å². The lowest BCUT2D eigenvalue weighted by Gasteiger charge is -1.95. The highest BCUT2D eigenvalue weighted by Crippen LogP contribution is 1.99. The molecule has 18 heavy (non-hydrogen) atoms. The summed E-state index contributed by atoms with van der Waals surface area (Å²) in [4.78, 5) is 10.9. The van der Waals surface area contributed by atoms with Gasteiger partial charge in [-0.2, -0.15) is 0 Å². The molecule has 0 unspecified atom stereocenters. The molecule has 0 radical (unpaired) electrons. The Labute approximate surface area is 121 Å². The second kappa shape index (κ2) is 7.87. The summed E-state index contributed by atoms with van der Waals surface area (Å²) < 4.78 is 5.68. The quantitative estimate of drug-likeness (QED) is 0.529. The predicted molar refractivity (Wildman–Crippen MR) is 69.1 cm³/mol. The smallest absolute Gasteiger partial charge is 0.337 e. The van der Waals surface area contributed by atoms with Crippen molar-refractivity contribution >= 4 is 5.97 Å². The molecule has 2 rings (SSSR count). The summed E-state index contributed by atoms with van der Waals surface area (Å²) in [6.07, 6.45) is 0. The summed E-state index contributed by atoms with van der Waals surface area (Å²) in [5.74, 6) is -0.286. The van der Waals surface area contributed by atoms with Crippen molar-refractivity contribution in [3.05, 3.63) is 69.3 Å². The molecule has 2 aromatic rings. The molecule has 0 saturated heterocycles. The number of halogens is 1. The molecule has 0 saturated carbocycles. The molecule has 0 aromatic heterocycles. The van der Waals surface area contributed by atoms with E-state index < -0.39 is 0 Å². The summed E-state index contributed by atoms with van der Waals surface area (Å²) in [6, 6.07) is 17.5. The lowest BCUT2D eigenvalue weighted by Crippen LogP contribution is -3.34. The van der Waals surface area contributed by atoms with Gasteiger partial charge in [-0.1, -0.05) is 35.9 Å². The Balaban J connectivity index is 0.000000199. The molecule has 0 atom stereocenters. The first-order chi connectivity index (χ1) is 8.63. The van der Waals surface area contributed by atoms with E-state index in [2.05, 4.69) is 23.8 Å². The molecule has 0 bridgehead atoms. The van der Waals surface area contributed by atoms with Crippen molar-refractivity contribution in [3.8, 4) is 0 Å². The van der Waals surface area contributed by atoms with Crippen molar-refractivity contribution in [2.75, 3.05) is 7.11 Å². The second-order valence-electron chi connectivity index (χ2n) is 3.67. The minimum Gasteiger partial charge on any atom is -0.465 e. The Bertz CT molecular complexity index is 478. The van der Waals surface area contributed by atoms with Crippen molar-refractivity contribution in [1.29, 1.82) is 0 Å². The van der Waals surface area contributed by atoms with Gasteiger partial charge >= 0.3 is 5.97 Å². The third-order valence-corrected chi connectivity index (χ3v) is 2.99. The summed E-state index contributed by atoms with van der Waals surface area (Å²) in [6.45, 7) is 2.08. The van der Waals surface area contributed by atoms with Gasteiger partial charge in [0, 0.05) is 0 Å². The fourth-order valence-electron chi connectivity index (χ4n) is 1.24. The van der Waals surface area contributed by atoms with Crippen molar-refractivity contribution in [2.45, 2.75) is 6.92 Å². The highest BCUT2D eigenvalue weighted by atomic mass is 127. The maximum Gasteiger partial charge on any atom is 0.337 e. The molecule has 0 N–H and O–H groups in total. The van der Waals surface area contributed by atoms with Gasteiger partial charge in [0.25, 0.3) is 22.6 Å². The Morgan fingerprint density at radius 1 is 1.00 bits per heavy atom. The zero-order valence-corrected chi connectivity index (χ0v) is 12.8. The van der Waals surface area contributed by atoms with Gasteiger partial charge in [-0.25, -0.2) is 4.79 Å². The number of carbonyl (C=O) groups excluding carboxylic acids is 1. The Morgan fingerprint density at radius 3 is 1.94 bits per heavy atom. The van der Waals surface area contributed by atoms with Gasteiger partial charge in [0.15, 0.2) is 3.57 Å². The van der Waals surface area contributed by atoms with E-state index in [1.165, 1.54) is 12.7 Å². The maximum absolute atomic E-state index is 10.9. The van der Waals surface area contributed by atoms with Crippen molar-refractivity contribution in [3.63, 3.8) is 0 Å². The van der Waals surface area contributed by atoms with E-state index in [4.69, 9.17) is 0 Å². The zero-order chi connectivity index (χ0) is 13.4. The number of esters is 1. The van der Waals surface area contributed by atoms with Crippen LogP contribution in [0.25, 0.3) is 0 Å². The molecule has 0 aliphatic heterocycles. The monoisotopic (exact) mass is 355 g/mol. The number of hydrogen-bond donors (Lipinski definition) is 0. The van der Waals surface area contributed by atoms with Gasteiger partial charge in [0.05, 0.1) is 12.7 Å². The molecule has 0 heterocycles. The topological polar surface area (TPSA) is 26.3 Å². The van der Waals surface area contributed by atoms with Crippen LogP contribution < -0.4 is 22.6 Å². The Morgan fingerprint density at radius 2 is 1.56 bits per heavy atom. The van der Waals surface area contributed by atoms with E-state index in [0.29, 0.717) is 5.56 Å². The molecule has 2 nitrogen and oxygen atoms in total. The number of aryl methyl sites for hydroxylation is 1. The zero-order valence-electron chi connectivity index (χ0n) is 10.4. The van der Waals surface area contributed by atoms with Gasteiger partial charge in [0.2, 0.25) is 0 Å². The first-order valence-electron chi connectivity index (χ1n) is 5.50. The van der Waals surface area contributed by atoms with E-state index in [-0.39, 0.29) is 5.97 Å². The molecule has 2 aromatic carbocycles. The minimum absolute atomic E-state index is 0.286. The molecular weight excluding hydrogens is 339 g/mol. The standard InChI is InChI=1S/C8H8IO2.C7H8/c1-11-8(10)6-2-4-7(9)5-3-6;1-7-5-3-2-4-6-7/h2-5,9H,1H3;2-6H,1H3/q+1;. The minimum atomic E-state index is -0.286. The van der Waals surface area contributed by atoms with E-state index in [1.54, 1.807) is 12.1 Å². The number of benzene rings is 2. The fourth-order valence-corrected chi connectivity index (χ4v) is 1.63. The highest BCUT2D eigenvalue weighted by Gasteiger charge is 2.04. The van der Waals surface area contributed by atoms with E-state index >= 15 is 0 Å². The van der Waals surface area contributed by atoms with Gasteiger partial charge < -0.3 is 4.74 Å². The van der Waals surface area contributed by atoms with Crippen LogP contribution in [0.4, 0.5) is 0 Å². The van der Waals surface area contributed by atoms with Crippen LogP contribution in [0, 0.1) is 10.5 Å². The summed E-state index contributed by atoms with van der Waals surface area (Å²) >= 11 is 1.90. The average molecular weight is 355 g/mol. The first-order valence-corrected chi connectivity index (χ1v) is 6.67. The van der Waals surface area contributed by atoms with Crippen LogP contribution in [-0.2, 0) is 4.74 Å². The van der Waals surface area contributed by atoms with Gasteiger partial charge in [0.1, 0.15) is 0 Å². The predicted octanol–water partition coefficient (Wildman–Crippen LogP) is -0.0766. The number of methoxy groups -OCH3 is 1. The molecular formula is C15H16IO2+. The first kappa shape index (κ1) is 14.7. The third kappa shape index (κ3) is 5.31. The molecule has 0 amide bonds. The fraction of sp³-hybridized carbons (Fsp3) is 0.133. The number of rotatable bonds is 1. The Kier molecular flexibility index (Phi) is 6.43. The second-order valence-corrected chi connectivity index (χ2v) is 5.02. The van der Waals surface area contributed by atoms with Crippen LogP contribution in [0.2, 0.25) is 0 Å². The maximum atomic E-state index is 10.9. The van der Waals surface area contributed by atoms with Gasteiger partial charge in [-0.3, -0.25) is 0 Å². The highest BCUT2D eigenvalue weighted by molar-refractivity contribution is 5.89. The van der Waals surface area contributed by atoms with Gasteiger partial charge in [-0.15, -0.1) is 0 Å². The van der Waals surface area contributed by atoms with Crippen LogP contribution in [0.5, 0.6) is 0 Å². The van der Waals surface area contributed by atoms with Crippen molar-refractivity contribution in [2.24, 2.45) is 0 Å². The van der Waals surface area contributed by atoms with Crippen LogP contribution in [0.1, 0.15) is 15.9 Å². The van der Waals surface area contributed by atoms with Crippen LogP contribution in [0.15, 0.2) is 54.6 Å². The van der Waals surface area contributed by atoms with E-state index in [0.717, 1.165) is 3.57 Å². The molecule has 3 heteroatoms. The number of hydrogen-bond acceptors (Lipinski definition) is 2. The van der Waals surface area contributed by atoms with Crippen LogP contribution in [-0.4, -0.2) is 13.1 Å². The molecule has 0 spiro atoms. The van der Waals surface area contributed by atoms with E-state index in [1.807, 2.05) is 52.9 Å². The molecule has 0 aliphatic carbocycles. The SMILES string of the molecule is COC(=O)c1ccc([IH+])cc1.Cc1ccccc1. The van der Waals surface area contributed by atoms with Crippen molar-refractivity contribution < 1.29 is 32.1 Å². The largest absolute Gasteiger partial charge is 0.465 e. The number of ether oxygens (including phenoxy) is 1. The Hall–Kier alpha value is -1.36. The summed E-state index contributed by atoms with van der Waals surface area (Å²) in [5.41, 5.74) is 1.92. The average Bonchev–Trinajstić information content (AvgIpc) is 2.40. The lowest BCUT2D eigenvalue weighted by atomic mass is 10.2. The summed E-state index contributed by atoms with van der Waals surface area (Å²) in [5, 5.41) is 0. The molecule has 0 aliphatic rings. The molecule has 0 fully saturated rings. The van der Waals surface area contributed by atoms with Gasteiger partial charge in [-0.05, 0) is 31.2 Å². The number of carbonyl (C=O) groups is 1. The normalized spacial score (nSPS) is 9.06. The van der Waals surface area contributed by atoms with Crippen molar-refractivity contribution in [1.82, 2.24) is 0 Å². The van der Waals surface area contributed by atoms with Crippen LogP contribution in [0.3, 0.4) is 0 Å². The molecule has 94 valence electrons. The van der Waals surface area contributed by atoms with E-state index in [9.17, 15) is 4.79 Å². The summed E-state index contributed by atoms with van der Waals surface area (Å²) in [7, 11) is 1.38. The third-order valence-electron chi connectivity index (χ3n) is 2.22.